The van der Waals surface area contributed by atoms with E-state index in [4.69, 9.17) is 9.94 Å². The number of aromatic amines is 1. The predicted octanol–water partition coefficient (Wildman–Crippen LogP) is 2.75. The maximum atomic E-state index is 11.4. The van der Waals surface area contributed by atoms with Gasteiger partial charge in [0.05, 0.1) is 17.6 Å². The first-order valence-corrected chi connectivity index (χ1v) is 6.88. The summed E-state index contributed by atoms with van der Waals surface area (Å²) in [6.07, 6.45) is 0. The van der Waals surface area contributed by atoms with Crippen LogP contribution in [0.1, 0.15) is 17.3 Å². The molecule has 3 N–H and O–H groups in total. The Kier molecular flexibility index (Phi) is 3.76. The third-order valence-corrected chi connectivity index (χ3v) is 3.28. The molecule has 0 spiro atoms. The Bertz CT molecular complexity index is 809. The Labute approximate surface area is 126 Å². The molecule has 0 atom stereocenters. The van der Waals surface area contributed by atoms with E-state index in [9.17, 15) is 4.79 Å². The van der Waals surface area contributed by atoms with Crippen molar-refractivity contribution in [1.82, 2.24) is 15.4 Å². The highest BCUT2D eigenvalue weighted by molar-refractivity contribution is 5.97. The van der Waals surface area contributed by atoms with Crippen LogP contribution in [0.3, 0.4) is 0 Å². The highest BCUT2D eigenvalue weighted by atomic mass is 16.5. The van der Waals surface area contributed by atoms with E-state index in [1.54, 1.807) is 23.7 Å². The van der Waals surface area contributed by atoms with Crippen molar-refractivity contribution in [3.63, 3.8) is 0 Å². The minimum atomic E-state index is -0.556. The lowest BCUT2D eigenvalue weighted by atomic mass is 10.2. The lowest BCUT2D eigenvalue weighted by Gasteiger charge is -2.02. The number of nitrogens with one attached hydrogen (secondary N) is 2. The van der Waals surface area contributed by atoms with Crippen LogP contribution in [0.25, 0.3) is 22.4 Å². The Morgan fingerprint density at radius 3 is 2.73 bits per heavy atom. The van der Waals surface area contributed by atoms with Gasteiger partial charge in [-0.2, -0.15) is 0 Å². The van der Waals surface area contributed by atoms with Gasteiger partial charge in [0.15, 0.2) is 0 Å². The highest BCUT2D eigenvalue weighted by Crippen LogP contribution is 2.23. The van der Waals surface area contributed by atoms with Crippen molar-refractivity contribution >= 4 is 16.9 Å². The number of aromatic nitrogens is 2. The molecule has 22 heavy (non-hydrogen) atoms. The largest absolute Gasteiger partial charge is 0.494 e. The average Bonchev–Trinajstić information content (AvgIpc) is 2.98. The molecule has 1 heterocycles. The molecule has 3 rings (SSSR count). The Morgan fingerprint density at radius 2 is 2.05 bits per heavy atom. The van der Waals surface area contributed by atoms with E-state index in [0.717, 1.165) is 22.3 Å². The second-order valence-corrected chi connectivity index (χ2v) is 4.72. The number of nitrogens with zero attached hydrogens (tertiary/aromatic N) is 1. The number of H-pyrrole nitrogens is 1. The summed E-state index contributed by atoms with van der Waals surface area (Å²) in [5.74, 6) is 0.961. The summed E-state index contributed by atoms with van der Waals surface area (Å²) in [4.78, 5) is 19.1. The number of rotatable bonds is 4. The summed E-state index contributed by atoms with van der Waals surface area (Å²) < 4.78 is 5.41. The van der Waals surface area contributed by atoms with Crippen molar-refractivity contribution in [2.24, 2.45) is 0 Å². The molecule has 0 bridgehead atoms. The Balaban J connectivity index is 1.95. The second-order valence-electron chi connectivity index (χ2n) is 4.72. The van der Waals surface area contributed by atoms with Gasteiger partial charge in [-0.25, -0.2) is 10.5 Å². The van der Waals surface area contributed by atoms with Gasteiger partial charge in [0.25, 0.3) is 5.91 Å². The number of imidazole rings is 1. The van der Waals surface area contributed by atoms with E-state index in [1.807, 2.05) is 31.2 Å². The molecular weight excluding hydrogens is 282 g/mol. The molecule has 1 amide bonds. The van der Waals surface area contributed by atoms with Crippen LogP contribution in [0, 0.1) is 0 Å². The van der Waals surface area contributed by atoms with Crippen LogP contribution >= 0.6 is 0 Å². The maximum Gasteiger partial charge on any atom is 0.274 e. The van der Waals surface area contributed by atoms with Crippen molar-refractivity contribution in [2.45, 2.75) is 6.92 Å². The molecule has 0 saturated heterocycles. The summed E-state index contributed by atoms with van der Waals surface area (Å²) in [6, 6.07) is 12.6. The number of ether oxygens (including phenoxy) is 1. The molecule has 6 nitrogen and oxygen atoms in total. The number of amides is 1. The Morgan fingerprint density at radius 1 is 1.27 bits per heavy atom. The first-order valence-electron chi connectivity index (χ1n) is 6.88. The minimum absolute atomic E-state index is 0.358. The summed E-state index contributed by atoms with van der Waals surface area (Å²) in [6.45, 7) is 2.56. The van der Waals surface area contributed by atoms with Crippen LogP contribution in [-0.2, 0) is 0 Å². The maximum absolute atomic E-state index is 11.4. The van der Waals surface area contributed by atoms with Gasteiger partial charge in [0, 0.05) is 11.1 Å². The third-order valence-electron chi connectivity index (χ3n) is 3.28. The molecule has 0 saturated carbocycles. The average molecular weight is 297 g/mol. The molecule has 1 aromatic heterocycles. The van der Waals surface area contributed by atoms with Crippen LogP contribution in [-0.4, -0.2) is 27.7 Å². The minimum Gasteiger partial charge on any atom is -0.494 e. The van der Waals surface area contributed by atoms with Gasteiger partial charge in [0.2, 0.25) is 0 Å². The van der Waals surface area contributed by atoms with E-state index in [0.29, 0.717) is 18.0 Å². The molecule has 6 heteroatoms. The SMILES string of the molecule is CCOc1ccc(-c2nc3ccc(C(=O)NO)cc3[nH]2)cc1. The fourth-order valence-corrected chi connectivity index (χ4v) is 2.23. The first-order chi connectivity index (χ1) is 10.7. The Hall–Kier alpha value is -2.86. The van der Waals surface area contributed by atoms with E-state index in [-0.39, 0.29) is 0 Å². The first kappa shape index (κ1) is 14.1. The van der Waals surface area contributed by atoms with Gasteiger partial charge in [-0.3, -0.25) is 10.0 Å². The molecule has 2 aromatic carbocycles. The topological polar surface area (TPSA) is 87.2 Å². The zero-order valence-corrected chi connectivity index (χ0v) is 12.0. The fraction of sp³-hybridized carbons (Fsp3) is 0.125. The van der Waals surface area contributed by atoms with Crippen molar-refractivity contribution in [2.75, 3.05) is 6.61 Å². The molecular formula is C16H15N3O3. The van der Waals surface area contributed by atoms with Crippen molar-refractivity contribution in [3.8, 4) is 17.1 Å². The molecule has 112 valence electrons. The summed E-state index contributed by atoms with van der Waals surface area (Å²) in [5.41, 5.74) is 4.37. The molecule has 0 unspecified atom stereocenters. The quantitative estimate of drug-likeness (QED) is 0.510. The molecule has 0 aliphatic carbocycles. The molecule has 0 aliphatic heterocycles. The van der Waals surface area contributed by atoms with Crippen molar-refractivity contribution < 1.29 is 14.7 Å². The number of carbonyl (C=O) groups excluding carboxylic acids is 1. The lowest BCUT2D eigenvalue weighted by Crippen LogP contribution is -2.18. The fourth-order valence-electron chi connectivity index (χ4n) is 2.23. The number of fused-ring (bicyclic) bond motifs is 1. The molecule has 0 aliphatic rings. The van der Waals surface area contributed by atoms with E-state index >= 15 is 0 Å². The van der Waals surface area contributed by atoms with Gasteiger partial charge in [-0.15, -0.1) is 0 Å². The lowest BCUT2D eigenvalue weighted by molar-refractivity contribution is 0.0706. The normalized spacial score (nSPS) is 10.6. The molecule has 0 radical (unpaired) electrons. The van der Waals surface area contributed by atoms with Crippen molar-refractivity contribution in [1.29, 1.82) is 0 Å². The zero-order chi connectivity index (χ0) is 15.5. The zero-order valence-electron chi connectivity index (χ0n) is 12.0. The summed E-state index contributed by atoms with van der Waals surface area (Å²) in [5, 5.41) is 8.68. The van der Waals surface area contributed by atoms with Crippen LogP contribution in [0.4, 0.5) is 0 Å². The molecule has 0 fully saturated rings. The van der Waals surface area contributed by atoms with Crippen molar-refractivity contribution in [3.05, 3.63) is 48.0 Å². The molecule has 3 aromatic rings. The third kappa shape index (κ3) is 2.64. The standard InChI is InChI=1S/C16H15N3O3/c1-2-22-12-6-3-10(4-7-12)15-17-13-8-5-11(16(20)19-21)9-14(13)18-15/h3-9,21H,2H2,1H3,(H,17,18)(H,19,20). The number of hydrogen-bond acceptors (Lipinski definition) is 4. The van der Waals surface area contributed by atoms with Gasteiger partial charge in [-0.1, -0.05) is 0 Å². The number of carbonyl (C=O) groups is 1. The van der Waals surface area contributed by atoms with Crippen LogP contribution < -0.4 is 10.2 Å². The van der Waals surface area contributed by atoms with Gasteiger partial charge < -0.3 is 9.72 Å². The highest BCUT2D eigenvalue weighted by Gasteiger charge is 2.09. The number of hydroxylamine groups is 1. The van der Waals surface area contributed by atoms with Crippen LogP contribution in [0.5, 0.6) is 5.75 Å². The number of hydrogen-bond donors (Lipinski definition) is 3. The smallest absolute Gasteiger partial charge is 0.274 e. The van der Waals surface area contributed by atoms with Crippen LogP contribution in [0.15, 0.2) is 42.5 Å². The summed E-state index contributed by atoms with van der Waals surface area (Å²) >= 11 is 0. The van der Waals surface area contributed by atoms with E-state index in [1.165, 1.54) is 0 Å². The second kappa shape index (κ2) is 5.87. The van der Waals surface area contributed by atoms with Crippen LogP contribution in [0.2, 0.25) is 0 Å². The van der Waals surface area contributed by atoms with Gasteiger partial charge in [0.1, 0.15) is 11.6 Å². The van der Waals surface area contributed by atoms with Gasteiger partial charge >= 0.3 is 0 Å². The van der Waals surface area contributed by atoms with E-state index < -0.39 is 5.91 Å². The predicted molar refractivity (Wildman–Crippen MR) is 82.0 cm³/mol. The van der Waals surface area contributed by atoms with E-state index in [2.05, 4.69) is 9.97 Å². The monoisotopic (exact) mass is 297 g/mol. The van der Waals surface area contributed by atoms with Gasteiger partial charge in [-0.05, 0) is 49.4 Å². The number of benzene rings is 2. The summed E-state index contributed by atoms with van der Waals surface area (Å²) in [7, 11) is 0.